The van der Waals surface area contributed by atoms with Gasteiger partial charge in [-0.15, -0.1) is 0 Å². The molecule has 0 atom stereocenters. The molecule has 0 saturated heterocycles. The zero-order chi connectivity index (χ0) is 15.8. The third-order valence-corrected chi connectivity index (χ3v) is 3.62. The Balaban J connectivity index is 1.87. The Bertz CT molecular complexity index is 557. The van der Waals surface area contributed by atoms with E-state index in [0.717, 1.165) is 24.2 Å². The predicted molar refractivity (Wildman–Crippen MR) is 83.5 cm³/mol. The molecule has 0 heterocycles. The minimum absolute atomic E-state index is 0.0978. The number of benzene rings is 1. The van der Waals surface area contributed by atoms with Gasteiger partial charge in [0.2, 0.25) is 0 Å². The number of hydrogen-bond acceptors (Lipinski definition) is 3. The Morgan fingerprint density at radius 3 is 2.86 bits per heavy atom. The van der Waals surface area contributed by atoms with E-state index in [9.17, 15) is 4.79 Å². The third-order valence-electron chi connectivity index (χ3n) is 3.62. The van der Waals surface area contributed by atoms with Gasteiger partial charge in [0.15, 0.2) is 0 Å². The molecule has 1 aromatic carbocycles. The Morgan fingerprint density at radius 1 is 1.36 bits per heavy atom. The number of nitrogens with two attached hydrogens (primary N) is 1. The zero-order valence-corrected chi connectivity index (χ0v) is 12.6. The van der Waals surface area contributed by atoms with Crippen molar-refractivity contribution in [2.24, 2.45) is 5.73 Å². The number of urea groups is 1. The van der Waals surface area contributed by atoms with Crippen LogP contribution in [0.4, 0.5) is 4.79 Å². The molecule has 22 heavy (non-hydrogen) atoms. The van der Waals surface area contributed by atoms with Gasteiger partial charge in [-0.3, -0.25) is 5.21 Å². The van der Waals surface area contributed by atoms with Crippen molar-refractivity contribution in [3.8, 4) is 17.6 Å². The Kier molecular flexibility index (Phi) is 6.11. The number of primary amides is 1. The molecule has 1 saturated carbocycles. The fourth-order valence-electron chi connectivity index (χ4n) is 2.46. The van der Waals surface area contributed by atoms with Crippen LogP contribution in [0.2, 0.25) is 0 Å². The molecule has 0 aliphatic heterocycles. The lowest BCUT2D eigenvalue weighted by atomic mass is 9.98. The van der Waals surface area contributed by atoms with Gasteiger partial charge in [0, 0.05) is 12.0 Å². The molecular formula is C17H22N2O3. The molecular weight excluding hydrogens is 280 g/mol. The monoisotopic (exact) mass is 302 g/mol. The largest absolute Gasteiger partial charge is 0.490 e. The Morgan fingerprint density at radius 2 is 2.14 bits per heavy atom. The number of hydroxylamine groups is 2. The summed E-state index contributed by atoms with van der Waals surface area (Å²) in [6.45, 7) is 0.0978. The summed E-state index contributed by atoms with van der Waals surface area (Å²) in [5.74, 6) is 6.75. The molecule has 0 radical (unpaired) electrons. The van der Waals surface area contributed by atoms with Crippen LogP contribution in [0, 0.1) is 11.8 Å². The van der Waals surface area contributed by atoms with Crippen LogP contribution in [-0.2, 0) is 0 Å². The summed E-state index contributed by atoms with van der Waals surface area (Å²) in [4.78, 5) is 10.6. The molecule has 5 heteroatoms. The van der Waals surface area contributed by atoms with E-state index in [0.29, 0.717) is 17.6 Å². The van der Waals surface area contributed by atoms with Crippen LogP contribution in [0.15, 0.2) is 24.3 Å². The second kappa shape index (κ2) is 8.30. The van der Waals surface area contributed by atoms with Crippen molar-refractivity contribution >= 4 is 6.03 Å². The van der Waals surface area contributed by atoms with E-state index in [1.165, 1.54) is 19.3 Å². The van der Waals surface area contributed by atoms with Crippen molar-refractivity contribution < 1.29 is 14.7 Å². The van der Waals surface area contributed by atoms with Crippen LogP contribution < -0.4 is 10.5 Å². The van der Waals surface area contributed by atoms with Crippen LogP contribution >= 0.6 is 0 Å². The van der Waals surface area contributed by atoms with E-state index in [1.54, 1.807) is 0 Å². The number of amides is 2. The fraction of sp³-hybridized carbons (Fsp3) is 0.471. The normalized spacial score (nSPS) is 14.8. The van der Waals surface area contributed by atoms with Gasteiger partial charge in [-0.1, -0.05) is 24.3 Å². The molecule has 2 rings (SSSR count). The molecule has 3 N–H and O–H groups in total. The molecule has 5 nitrogen and oxygen atoms in total. The van der Waals surface area contributed by atoms with Crippen molar-refractivity contribution in [1.29, 1.82) is 0 Å². The van der Waals surface area contributed by atoms with Gasteiger partial charge < -0.3 is 10.5 Å². The van der Waals surface area contributed by atoms with Crippen LogP contribution in [0.3, 0.4) is 0 Å². The first kappa shape index (κ1) is 16.2. The van der Waals surface area contributed by atoms with Gasteiger partial charge >= 0.3 is 6.03 Å². The van der Waals surface area contributed by atoms with Crippen molar-refractivity contribution in [3.05, 3.63) is 29.8 Å². The molecule has 1 aliphatic rings. The van der Waals surface area contributed by atoms with E-state index in [-0.39, 0.29) is 6.54 Å². The van der Waals surface area contributed by atoms with Crippen LogP contribution in [-0.4, -0.2) is 29.0 Å². The maximum atomic E-state index is 10.6. The lowest BCUT2D eigenvalue weighted by Gasteiger charge is -2.23. The molecule has 0 bridgehead atoms. The van der Waals surface area contributed by atoms with Crippen molar-refractivity contribution in [3.63, 3.8) is 0 Å². The summed E-state index contributed by atoms with van der Waals surface area (Å²) >= 11 is 0. The maximum absolute atomic E-state index is 10.6. The summed E-state index contributed by atoms with van der Waals surface area (Å²) < 4.78 is 5.99. The highest BCUT2D eigenvalue weighted by atomic mass is 16.5. The zero-order valence-electron chi connectivity index (χ0n) is 12.6. The highest BCUT2D eigenvalue weighted by Crippen LogP contribution is 2.23. The highest BCUT2D eigenvalue weighted by Gasteiger charge is 2.14. The number of rotatable bonds is 4. The van der Waals surface area contributed by atoms with Gasteiger partial charge in [-0.25, -0.2) is 9.86 Å². The predicted octanol–water partition coefficient (Wildman–Crippen LogP) is 2.91. The molecule has 0 unspecified atom stereocenters. The van der Waals surface area contributed by atoms with Crippen LogP contribution in [0.1, 0.15) is 44.1 Å². The second-order valence-corrected chi connectivity index (χ2v) is 5.42. The molecule has 2 amide bonds. The van der Waals surface area contributed by atoms with Crippen molar-refractivity contribution in [2.75, 3.05) is 6.54 Å². The van der Waals surface area contributed by atoms with Crippen LogP contribution in [0.25, 0.3) is 0 Å². The van der Waals surface area contributed by atoms with E-state index in [1.807, 2.05) is 24.3 Å². The topological polar surface area (TPSA) is 75.8 Å². The number of carbonyl (C=O) groups is 1. The summed E-state index contributed by atoms with van der Waals surface area (Å²) in [5, 5.41) is 9.58. The highest BCUT2D eigenvalue weighted by molar-refractivity contribution is 5.70. The standard InChI is InChI=1S/C17H22N2O3/c18-17(20)19(21)12-5-4-7-14-8-6-11-16(13-14)22-15-9-2-1-3-10-15/h6,8,11,13,15,21H,1-3,5,9-10,12H2,(H2,18,20). The maximum Gasteiger partial charge on any atom is 0.338 e. The van der Waals surface area contributed by atoms with Gasteiger partial charge in [-0.05, 0) is 43.9 Å². The lowest BCUT2D eigenvalue weighted by molar-refractivity contribution is -0.0372. The molecule has 118 valence electrons. The number of nitrogens with zero attached hydrogens (tertiary/aromatic N) is 1. The van der Waals surface area contributed by atoms with E-state index in [2.05, 4.69) is 11.8 Å². The second-order valence-electron chi connectivity index (χ2n) is 5.42. The SMILES string of the molecule is NC(=O)N(O)CCC#Cc1cccc(OC2CCCCC2)c1. The molecule has 0 spiro atoms. The fourth-order valence-corrected chi connectivity index (χ4v) is 2.46. The molecule has 1 aromatic rings. The Labute approximate surface area is 131 Å². The van der Waals surface area contributed by atoms with Gasteiger partial charge in [-0.2, -0.15) is 0 Å². The van der Waals surface area contributed by atoms with Crippen molar-refractivity contribution in [2.45, 2.75) is 44.6 Å². The Hall–Kier alpha value is -2.19. The first-order valence-corrected chi connectivity index (χ1v) is 7.66. The van der Waals surface area contributed by atoms with E-state index in [4.69, 9.17) is 15.7 Å². The lowest BCUT2D eigenvalue weighted by Crippen LogP contribution is -2.33. The third kappa shape index (κ3) is 5.30. The molecule has 1 fully saturated rings. The van der Waals surface area contributed by atoms with Gasteiger partial charge in [0.25, 0.3) is 0 Å². The quantitative estimate of drug-likeness (QED) is 0.510. The summed E-state index contributed by atoms with van der Waals surface area (Å²) in [6, 6.07) is 6.83. The number of ether oxygens (including phenoxy) is 1. The summed E-state index contributed by atoms with van der Waals surface area (Å²) in [5.41, 5.74) is 5.77. The van der Waals surface area contributed by atoms with Gasteiger partial charge in [0.1, 0.15) is 5.75 Å². The summed E-state index contributed by atoms with van der Waals surface area (Å²) in [7, 11) is 0. The first-order chi connectivity index (χ1) is 10.6. The minimum atomic E-state index is -0.871. The molecule has 0 aromatic heterocycles. The van der Waals surface area contributed by atoms with Gasteiger partial charge in [0.05, 0.1) is 12.6 Å². The smallest absolute Gasteiger partial charge is 0.338 e. The average Bonchev–Trinajstić information content (AvgIpc) is 2.52. The average molecular weight is 302 g/mol. The van der Waals surface area contributed by atoms with E-state index < -0.39 is 6.03 Å². The van der Waals surface area contributed by atoms with Crippen molar-refractivity contribution in [1.82, 2.24) is 5.06 Å². The van der Waals surface area contributed by atoms with E-state index >= 15 is 0 Å². The minimum Gasteiger partial charge on any atom is -0.490 e. The van der Waals surface area contributed by atoms with Crippen LogP contribution in [0.5, 0.6) is 5.75 Å². The molecule has 1 aliphatic carbocycles. The first-order valence-electron chi connectivity index (χ1n) is 7.66. The number of hydrogen-bond donors (Lipinski definition) is 2. The number of carbonyl (C=O) groups excluding carboxylic acids is 1. The summed E-state index contributed by atoms with van der Waals surface area (Å²) in [6.07, 6.45) is 6.69.